The number of ether oxygens (including phenoxy) is 1. The van der Waals surface area contributed by atoms with Gasteiger partial charge in [-0.25, -0.2) is 0 Å². The van der Waals surface area contributed by atoms with Crippen molar-refractivity contribution >= 4 is 11.8 Å². The van der Waals surface area contributed by atoms with E-state index in [1.165, 1.54) is 64.3 Å². The predicted molar refractivity (Wildman–Crippen MR) is 182 cm³/mol. The first-order valence-electron chi connectivity index (χ1n) is 18.9. The molecule has 45 heavy (non-hydrogen) atoms. The molecule has 8 heteroatoms. The van der Waals surface area contributed by atoms with Crippen LogP contribution < -0.4 is 10.6 Å². The van der Waals surface area contributed by atoms with Gasteiger partial charge in [-0.05, 0) is 128 Å². The fourth-order valence-corrected chi connectivity index (χ4v) is 10.3. The number of piperidine rings is 1. The summed E-state index contributed by atoms with van der Waals surface area (Å²) in [6.45, 7) is 15.7. The Bertz CT molecular complexity index is 940. The third kappa shape index (κ3) is 8.83. The molecule has 0 spiro atoms. The van der Waals surface area contributed by atoms with Gasteiger partial charge in [0.05, 0.1) is 19.1 Å². The molecule has 0 aromatic heterocycles. The van der Waals surface area contributed by atoms with Crippen molar-refractivity contribution in [1.29, 1.82) is 0 Å². The quantitative estimate of drug-likeness (QED) is 0.367. The summed E-state index contributed by atoms with van der Waals surface area (Å²) >= 11 is 0. The number of nitrogens with zero attached hydrogens (tertiary/aromatic N) is 3. The lowest BCUT2D eigenvalue weighted by Crippen LogP contribution is -2.56. The fourth-order valence-electron chi connectivity index (χ4n) is 10.3. The number of carbonyl (C=O) groups is 2. The van der Waals surface area contributed by atoms with Crippen LogP contribution in [-0.4, -0.2) is 111 Å². The largest absolute Gasteiger partial charge is 0.379 e. The van der Waals surface area contributed by atoms with Crippen LogP contribution >= 0.6 is 0 Å². The summed E-state index contributed by atoms with van der Waals surface area (Å²) in [4.78, 5) is 34.8. The SMILES string of the molecule is CCN(C1CC(C2CCC(CN3CCOCC3)CC2)CC(C(=O)NCC2C(=O)NC(C)CC2C)C1C)[C@H]1CC[C@H](N(C)C)CC1. The molecule has 2 amide bonds. The zero-order chi connectivity index (χ0) is 32.1. The molecular formula is C37H67N5O3. The van der Waals surface area contributed by atoms with Crippen LogP contribution in [0.1, 0.15) is 98.3 Å². The monoisotopic (exact) mass is 630 g/mol. The molecule has 5 fully saturated rings. The molecule has 2 N–H and O–H groups in total. The number of carbonyl (C=O) groups excluding carboxylic acids is 2. The molecule has 7 unspecified atom stereocenters. The average molecular weight is 630 g/mol. The Labute approximate surface area is 275 Å². The molecule has 5 aliphatic rings. The van der Waals surface area contributed by atoms with Crippen LogP contribution in [-0.2, 0) is 14.3 Å². The van der Waals surface area contributed by atoms with E-state index >= 15 is 0 Å². The van der Waals surface area contributed by atoms with E-state index in [9.17, 15) is 9.59 Å². The molecular weight excluding hydrogens is 562 g/mol. The van der Waals surface area contributed by atoms with Crippen LogP contribution in [0.4, 0.5) is 0 Å². The zero-order valence-corrected chi connectivity index (χ0v) is 29.6. The minimum Gasteiger partial charge on any atom is -0.379 e. The number of hydrogen-bond donors (Lipinski definition) is 2. The molecule has 2 saturated heterocycles. The molecule has 3 aliphatic carbocycles. The van der Waals surface area contributed by atoms with Gasteiger partial charge >= 0.3 is 0 Å². The minimum absolute atomic E-state index is 0.0212. The predicted octanol–water partition coefficient (Wildman–Crippen LogP) is 4.63. The van der Waals surface area contributed by atoms with Gasteiger partial charge in [0.1, 0.15) is 0 Å². The van der Waals surface area contributed by atoms with E-state index in [2.05, 4.69) is 67.1 Å². The molecule has 3 saturated carbocycles. The molecule has 258 valence electrons. The van der Waals surface area contributed by atoms with Gasteiger partial charge in [0.15, 0.2) is 0 Å². The normalized spacial score (nSPS) is 40.4. The molecule has 7 atom stereocenters. The molecule has 2 aliphatic heterocycles. The van der Waals surface area contributed by atoms with Gasteiger partial charge in [-0.1, -0.05) is 20.8 Å². The van der Waals surface area contributed by atoms with Crippen molar-refractivity contribution in [2.75, 3.05) is 60.0 Å². The molecule has 5 rings (SSSR count). The summed E-state index contributed by atoms with van der Waals surface area (Å²) in [5.74, 6) is 2.95. The minimum atomic E-state index is -0.128. The first-order chi connectivity index (χ1) is 21.6. The van der Waals surface area contributed by atoms with Crippen molar-refractivity contribution in [2.24, 2.45) is 41.4 Å². The van der Waals surface area contributed by atoms with E-state index in [0.717, 1.165) is 57.5 Å². The Morgan fingerprint density at radius 2 is 1.58 bits per heavy atom. The number of hydrogen-bond acceptors (Lipinski definition) is 6. The van der Waals surface area contributed by atoms with Gasteiger partial charge in [0, 0.05) is 56.3 Å². The van der Waals surface area contributed by atoms with Gasteiger partial charge in [-0.2, -0.15) is 0 Å². The van der Waals surface area contributed by atoms with Crippen molar-refractivity contribution in [3.63, 3.8) is 0 Å². The number of amides is 2. The highest BCUT2D eigenvalue weighted by Gasteiger charge is 2.46. The van der Waals surface area contributed by atoms with Gasteiger partial charge in [-0.15, -0.1) is 0 Å². The summed E-state index contributed by atoms with van der Waals surface area (Å²) in [6.07, 6.45) is 13.6. The highest BCUT2D eigenvalue weighted by Crippen LogP contribution is 2.46. The summed E-state index contributed by atoms with van der Waals surface area (Å²) in [5, 5.41) is 6.46. The Kier molecular flexibility index (Phi) is 12.7. The highest BCUT2D eigenvalue weighted by molar-refractivity contribution is 5.83. The van der Waals surface area contributed by atoms with E-state index < -0.39 is 0 Å². The molecule has 2 heterocycles. The zero-order valence-electron chi connectivity index (χ0n) is 29.6. The standard InChI is InChI=1S/C37H67N5O3/c1-7-42(32-14-12-31(13-15-32)40(5)6)35-22-30(29-10-8-28(9-11-29)24-41-16-18-45-19-17-41)21-33(27(35)4)36(43)38-23-34-25(2)20-26(3)39-37(34)44/h25-35H,7-24H2,1-6H3,(H,38,43)(H,39,44)/t25?,26?,27?,28?,29?,30?,31-,32-,33?,34?,35?. The highest BCUT2D eigenvalue weighted by atomic mass is 16.5. The molecule has 0 bridgehead atoms. The summed E-state index contributed by atoms with van der Waals surface area (Å²) in [5.41, 5.74) is 0. The molecule has 0 aromatic carbocycles. The number of nitrogens with one attached hydrogen (secondary N) is 2. The van der Waals surface area contributed by atoms with Crippen LogP contribution in [0.25, 0.3) is 0 Å². The molecule has 0 aromatic rings. The van der Waals surface area contributed by atoms with Crippen LogP contribution in [0, 0.1) is 41.4 Å². The smallest absolute Gasteiger partial charge is 0.225 e. The molecule has 8 nitrogen and oxygen atoms in total. The first kappa shape index (κ1) is 35.1. The maximum absolute atomic E-state index is 14.1. The topological polar surface area (TPSA) is 77.1 Å². The van der Waals surface area contributed by atoms with Crippen molar-refractivity contribution in [3.05, 3.63) is 0 Å². The van der Waals surface area contributed by atoms with Gasteiger partial charge in [0.25, 0.3) is 0 Å². The Morgan fingerprint density at radius 3 is 2.20 bits per heavy atom. The lowest BCUT2D eigenvalue weighted by molar-refractivity contribution is -0.133. The third-order valence-electron chi connectivity index (χ3n) is 13.1. The van der Waals surface area contributed by atoms with Gasteiger partial charge in [-0.3, -0.25) is 19.4 Å². The number of morpholine rings is 1. The summed E-state index contributed by atoms with van der Waals surface area (Å²) in [6, 6.07) is 1.99. The van der Waals surface area contributed by atoms with Crippen molar-refractivity contribution < 1.29 is 14.3 Å². The van der Waals surface area contributed by atoms with Gasteiger partial charge < -0.3 is 20.3 Å². The lowest BCUT2D eigenvalue weighted by atomic mass is 9.63. The fraction of sp³-hybridized carbons (Fsp3) is 0.946. The molecule has 0 radical (unpaired) electrons. The van der Waals surface area contributed by atoms with Crippen molar-refractivity contribution in [3.8, 4) is 0 Å². The second kappa shape index (κ2) is 16.3. The van der Waals surface area contributed by atoms with E-state index in [-0.39, 0.29) is 29.7 Å². The van der Waals surface area contributed by atoms with Crippen LogP contribution in [0.2, 0.25) is 0 Å². The second-order valence-corrected chi connectivity index (χ2v) is 16.2. The summed E-state index contributed by atoms with van der Waals surface area (Å²) < 4.78 is 5.59. The first-order valence-corrected chi connectivity index (χ1v) is 18.9. The van der Waals surface area contributed by atoms with Crippen molar-refractivity contribution in [2.45, 2.75) is 122 Å². The van der Waals surface area contributed by atoms with E-state index in [1.54, 1.807) is 0 Å². The van der Waals surface area contributed by atoms with E-state index in [0.29, 0.717) is 42.4 Å². The van der Waals surface area contributed by atoms with Crippen LogP contribution in [0.3, 0.4) is 0 Å². The maximum Gasteiger partial charge on any atom is 0.225 e. The Balaban J connectivity index is 1.26. The van der Waals surface area contributed by atoms with E-state index in [1.807, 2.05) is 0 Å². The second-order valence-electron chi connectivity index (χ2n) is 16.2. The number of rotatable bonds is 10. The third-order valence-corrected chi connectivity index (χ3v) is 13.1. The Morgan fingerprint density at radius 1 is 0.911 bits per heavy atom. The van der Waals surface area contributed by atoms with Crippen LogP contribution in [0.5, 0.6) is 0 Å². The van der Waals surface area contributed by atoms with Crippen LogP contribution in [0.15, 0.2) is 0 Å². The van der Waals surface area contributed by atoms with Gasteiger partial charge in [0.2, 0.25) is 11.8 Å². The van der Waals surface area contributed by atoms with E-state index in [4.69, 9.17) is 4.74 Å². The summed E-state index contributed by atoms with van der Waals surface area (Å²) in [7, 11) is 4.46. The Hall–Kier alpha value is -1.22. The average Bonchev–Trinajstić information content (AvgIpc) is 3.02. The van der Waals surface area contributed by atoms with Crippen molar-refractivity contribution in [1.82, 2.24) is 25.3 Å². The lowest BCUT2D eigenvalue weighted by Gasteiger charge is -2.51. The maximum atomic E-state index is 14.1.